The van der Waals surface area contributed by atoms with Crippen LogP contribution in [0.5, 0.6) is 5.75 Å². The van der Waals surface area contributed by atoms with Crippen LogP contribution in [0.25, 0.3) is 0 Å². The fourth-order valence-corrected chi connectivity index (χ4v) is 1.99. The van der Waals surface area contributed by atoms with Gasteiger partial charge in [-0.25, -0.2) is 8.42 Å². The van der Waals surface area contributed by atoms with Crippen molar-refractivity contribution in [1.29, 1.82) is 0 Å². The van der Waals surface area contributed by atoms with Crippen LogP contribution in [0, 0.1) is 11.8 Å². The van der Waals surface area contributed by atoms with Crippen LogP contribution in [0.1, 0.15) is 12.0 Å². The minimum absolute atomic E-state index is 0.145. The van der Waals surface area contributed by atoms with Gasteiger partial charge in [0.1, 0.15) is 15.6 Å². The van der Waals surface area contributed by atoms with Crippen LogP contribution >= 0.6 is 11.6 Å². The Bertz CT molecular complexity index is 524. The molecule has 0 fully saturated rings. The summed E-state index contributed by atoms with van der Waals surface area (Å²) in [6, 6.07) is 7.29. The summed E-state index contributed by atoms with van der Waals surface area (Å²) in [7, 11) is -2.91. The number of rotatable bonds is 5. The Morgan fingerprint density at radius 1 is 1.28 bits per heavy atom. The highest BCUT2D eigenvalue weighted by Crippen LogP contribution is 2.11. The van der Waals surface area contributed by atoms with Crippen molar-refractivity contribution in [2.75, 3.05) is 24.5 Å². The van der Waals surface area contributed by atoms with E-state index in [2.05, 4.69) is 11.8 Å². The Labute approximate surface area is 113 Å². The minimum atomic E-state index is -2.91. The number of sulfone groups is 1. The van der Waals surface area contributed by atoms with Crippen molar-refractivity contribution in [2.45, 2.75) is 6.42 Å². The maximum atomic E-state index is 10.9. The molecule has 0 saturated heterocycles. The van der Waals surface area contributed by atoms with E-state index in [9.17, 15) is 8.42 Å². The quantitative estimate of drug-likeness (QED) is 0.473. The van der Waals surface area contributed by atoms with Gasteiger partial charge in [0.05, 0.1) is 18.2 Å². The summed E-state index contributed by atoms with van der Waals surface area (Å²) in [5, 5.41) is 0. The Hall–Kier alpha value is -1.18. The van der Waals surface area contributed by atoms with Crippen LogP contribution in [-0.2, 0) is 9.84 Å². The Kier molecular flexibility index (Phi) is 6.03. The molecular formula is C13H15ClO3S. The first kappa shape index (κ1) is 14.9. The van der Waals surface area contributed by atoms with Gasteiger partial charge in [0.25, 0.3) is 0 Å². The van der Waals surface area contributed by atoms with E-state index in [1.165, 1.54) is 6.26 Å². The lowest BCUT2D eigenvalue weighted by atomic mass is 10.2. The molecule has 0 amide bonds. The molecule has 0 atom stereocenters. The van der Waals surface area contributed by atoms with E-state index < -0.39 is 9.84 Å². The molecule has 0 N–H and O–H groups in total. The highest BCUT2D eigenvalue weighted by atomic mass is 35.5. The molecule has 0 unspecified atom stereocenters. The lowest BCUT2D eigenvalue weighted by Crippen LogP contribution is -2.07. The average Bonchev–Trinajstić information content (AvgIpc) is 2.32. The van der Waals surface area contributed by atoms with Crippen molar-refractivity contribution in [3.8, 4) is 17.6 Å². The summed E-state index contributed by atoms with van der Waals surface area (Å²) < 4.78 is 27.2. The van der Waals surface area contributed by atoms with Crippen LogP contribution in [0.15, 0.2) is 24.3 Å². The van der Waals surface area contributed by atoms with Crippen LogP contribution in [0.4, 0.5) is 0 Å². The topological polar surface area (TPSA) is 43.4 Å². The molecule has 0 aliphatic carbocycles. The molecule has 0 spiro atoms. The Morgan fingerprint density at radius 3 is 2.50 bits per heavy atom. The molecule has 1 aromatic carbocycles. The van der Waals surface area contributed by atoms with Crippen LogP contribution < -0.4 is 4.74 Å². The third-order valence-corrected chi connectivity index (χ3v) is 3.25. The Morgan fingerprint density at radius 2 is 1.94 bits per heavy atom. The molecule has 0 bridgehead atoms. The molecule has 98 valence electrons. The highest BCUT2D eigenvalue weighted by molar-refractivity contribution is 7.90. The Balaban J connectivity index is 2.40. The predicted octanol–water partition coefficient (Wildman–Crippen LogP) is 2.09. The molecule has 0 heterocycles. The second kappa shape index (κ2) is 7.30. The number of hydrogen-bond acceptors (Lipinski definition) is 3. The zero-order valence-electron chi connectivity index (χ0n) is 10.1. The minimum Gasteiger partial charge on any atom is -0.494 e. The normalized spacial score (nSPS) is 10.6. The first-order valence-corrected chi connectivity index (χ1v) is 8.06. The second-order valence-electron chi connectivity index (χ2n) is 3.79. The van der Waals surface area contributed by atoms with Gasteiger partial charge in [0.2, 0.25) is 0 Å². The number of hydrogen-bond donors (Lipinski definition) is 0. The third kappa shape index (κ3) is 6.53. The van der Waals surface area contributed by atoms with Crippen molar-refractivity contribution in [2.24, 2.45) is 0 Å². The summed E-state index contributed by atoms with van der Waals surface area (Å²) in [4.78, 5) is 0. The summed E-state index contributed by atoms with van der Waals surface area (Å²) in [6.07, 6.45) is 1.71. The van der Waals surface area contributed by atoms with Crippen LogP contribution in [0.3, 0.4) is 0 Å². The molecule has 0 aromatic heterocycles. The van der Waals surface area contributed by atoms with Crippen LogP contribution in [-0.4, -0.2) is 32.9 Å². The molecule has 0 aliphatic rings. The third-order valence-electron chi connectivity index (χ3n) is 2.08. The SMILES string of the molecule is CS(=O)(=O)CCCOc1ccc(C#CCCl)cc1. The lowest BCUT2D eigenvalue weighted by Gasteiger charge is -2.05. The number of alkyl halides is 1. The van der Waals surface area contributed by atoms with E-state index in [4.69, 9.17) is 16.3 Å². The zero-order valence-corrected chi connectivity index (χ0v) is 11.7. The van der Waals surface area contributed by atoms with E-state index in [1.807, 2.05) is 12.1 Å². The largest absolute Gasteiger partial charge is 0.494 e. The smallest absolute Gasteiger partial charge is 0.147 e. The molecule has 18 heavy (non-hydrogen) atoms. The monoisotopic (exact) mass is 286 g/mol. The molecule has 0 aliphatic heterocycles. The highest BCUT2D eigenvalue weighted by Gasteiger charge is 2.01. The van der Waals surface area contributed by atoms with Gasteiger partial charge >= 0.3 is 0 Å². The summed E-state index contributed by atoms with van der Waals surface area (Å²) in [5.41, 5.74) is 0.874. The van der Waals surface area contributed by atoms with Crippen molar-refractivity contribution in [3.05, 3.63) is 29.8 Å². The maximum absolute atomic E-state index is 10.9. The molecule has 1 rings (SSSR count). The first-order chi connectivity index (χ1) is 8.51. The molecule has 5 heteroatoms. The summed E-state index contributed by atoms with van der Waals surface area (Å²) in [5.74, 6) is 6.82. The molecule has 0 radical (unpaired) electrons. The first-order valence-electron chi connectivity index (χ1n) is 5.47. The van der Waals surface area contributed by atoms with E-state index in [-0.39, 0.29) is 5.75 Å². The summed E-state index contributed by atoms with van der Waals surface area (Å²) in [6.45, 7) is 0.389. The van der Waals surface area contributed by atoms with Crippen molar-refractivity contribution in [1.82, 2.24) is 0 Å². The van der Waals surface area contributed by atoms with E-state index in [0.29, 0.717) is 24.7 Å². The van der Waals surface area contributed by atoms with Gasteiger partial charge in [-0.2, -0.15) is 0 Å². The van der Waals surface area contributed by atoms with Crippen LogP contribution in [0.2, 0.25) is 0 Å². The van der Waals surface area contributed by atoms with Gasteiger partial charge in [-0.1, -0.05) is 11.8 Å². The van der Waals surface area contributed by atoms with Gasteiger partial charge in [0.15, 0.2) is 0 Å². The molecular weight excluding hydrogens is 272 g/mol. The van der Waals surface area contributed by atoms with E-state index in [0.717, 1.165) is 5.56 Å². The fourth-order valence-electron chi connectivity index (χ4n) is 1.28. The maximum Gasteiger partial charge on any atom is 0.147 e. The van der Waals surface area contributed by atoms with E-state index >= 15 is 0 Å². The number of halogens is 1. The molecule has 3 nitrogen and oxygen atoms in total. The summed E-state index contributed by atoms with van der Waals surface area (Å²) >= 11 is 5.46. The van der Waals surface area contributed by atoms with Crippen molar-refractivity contribution < 1.29 is 13.2 Å². The van der Waals surface area contributed by atoms with Gasteiger partial charge < -0.3 is 4.74 Å². The predicted molar refractivity (Wildman–Crippen MR) is 73.9 cm³/mol. The van der Waals surface area contributed by atoms with Gasteiger partial charge in [-0.15, -0.1) is 11.6 Å². The van der Waals surface area contributed by atoms with Crippen molar-refractivity contribution >= 4 is 21.4 Å². The average molecular weight is 287 g/mol. The van der Waals surface area contributed by atoms with Gasteiger partial charge in [-0.3, -0.25) is 0 Å². The fraction of sp³-hybridized carbons (Fsp3) is 0.385. The lowest BCUT2D eigenvalue weighted by molar-refractivity contribution is 0.317. The van der Waals surface area contributed by atoms with Crippen molar-refractivity contribution in [3.63, 3.8) is 0 Å². The van der Waals surface area contributed by atoms with E-state index in [1.54, 1.807) is 12.1 Å². The number of benzene rings is 1. The van der Waals surface area contributed by atoms with Gasteiger partial charge in [0, 0.05) is 11.8 Å². The standard InChI is InChI=1S/C13H15ClO3S/c1-18(15,16)11-3-10-17-13-7-5-12(6-8-13)4-2-9-14/h5-8H,3,9-11H2,1H3. The second-order valence-corrected chi connectivity index (χ2v) is 6.32. The number of ether oxygens (including phenoxy) is 1. The molecule has 1 aromatic rings. The zero-order chi connectivity index (χ0) is 13.4. The van der Waals surface area contributed by atoms with Gasteiger partial charge in [-0.05, 0) is 30.7 Å². The molecule has 0 saturated carbocycles.